The van der Waals surface area contributed by atoms with Crippen LogP contribution in [0, 0.1) is 0 Å². The molecular formula is C12H17NO4S. The molecule has 0 aliphatic carbocycles. The predicted octanol–water partition coefficient (Wildman–Crippen LogP) is 0.671. The summed E-state index contributed by atoms with van der Waals surface area (Å²) in [7, 11) is -3.55. The average Bonchev–Trinajstić information content (AvgIpc) is 2.83. The van der Waals surface area contributed by atoms with Crippen molar-refractivity contribution < 1.29 is 18.3 Å². The van der Waals surface area contributed by atoms with Crippen molar-refractivity contribution in [3.63, 3.8) is 0 Å². The van der Waals surface area contributed by atoms with E-state index in [1.54, 1.807) is 19.1 Å². The van der Waals surface area contributed by atoms with E-state index in [-0.39, 0.29) is 11.4 Å². The second-order valence-corrected chi connectivity index (χ2v) is 6.05. The van der Waals surface area contributed by atoms with Crippen molar-refractivity contribution in [1.82, 2.24) is 4.72 Å². The van der Waals surface area contributed by atoms with Gasteiger partial charge in [0.2, 0.25) is 10.0 Å². The smallest absolute Gasteiger partial charge is 0.240 e. The Morgan fingerprint density at radius 1 is 1.50 bits per heavy atom. The lowest BCUT2D eigenvalue weighted by Crippen LogP contribution is -2.31. The highest BCUT2D eigenvalue weighted by atomic mass is 32.2. The molecule has 0 fully saturated rings. The molecule has 1 aliphatic heterocycles. The molecular weight excluding hydrogens is 254 g/mol. The monoisotopic (exact) mass is 271 g/mol. The molecule has 0 saturated heterocycles. The van der Waals surface area contributed by atoms with Crippen LogP contribution in [0.3, 0.4) is 0 Å². The number of rotatable bonds is 5. The quantitative estimate of drug-likeness (QED) is 0.825. The van der Waals surface area contributed by atoms with Crippen LogP contribution >= 0.6 is 0 Å². The SMILES string of the molecule is CCC(O)CNS(=O)(=O)c1ccc2c(c1)CCO2. The summed E-state index contributed by atoms with van der Waals surface area (Å²) in [4.78, 5) is 0.218. The van der Waals surface area contributed by atoms with Gasteiger partial charge in [-0.3, -0.25) is 0 Å². The lowest BCUT2D eigenvalue weighted by molar-refractivity contribution is 0.174. The fourth-order valence-electron chi connectivity index (χ4n) is 1.76. The Morgan fingerprint density at radius 2 is 2.28 bits per heavy atom. The van der Waals surface area contributed by atoms with E-state index in [0.29, 0.717) is 13.0 Å². The Hall–Kier alpha value is -1.11. The van der Waals surface area contributed by atoms with Gasteiger partial charge in [0.1, 0.15) is 5.75 Å². The Labute approximate surface area is 107 Å². The summed E-state index contributed by atoms with van der Waals surface area (Å²) in [5.74, 6) is 0.752. The Kier molecular flexibility index (Phi) is 3.89. The minimum atomic E-state index is -3.55. The fraction of sp³-hybridized carbons (Fsp3) is 0.500. The summed E-state index contributed by atoms with van der Waals surface area (Å²) < 4.78 is 31.7. The maximum absolute atomic E-state index is 12.0. The van der Waals surface area contributed by atoms with Gasteiger partial charge in [0.05, 0.1) is 17.6 Å². The zero-order valence-electron chi connectivity index (χ0n) is 10.2. The number of aliphatic hydroxyl groups is 1. The first-order valence-electron chi connectivity index (χ1n) is 5.96. The van der Waals surface area contributed by atoms with E-state index in [4.69, 9.17) is 4.74 Å². The number of sulfonamides is 1. The summed E-state index contributed by atoms with van der Waals surface area (Å²) in [5.41, 5.74) is 0.911. The fourth-order valence-corrected chi connectivity index (χ4v) is 2.89. The first-order valence-corrected chi connectivity index (χ1v) is 7.44. The van der Waals surface area contributed by atoms with Gasteiger partial charge in [-0.1, -0.05) is 6.92 Å². The number of ether oxygens (including phenoxy) is 1. The molecule has 0 aromatic heterocycles. The highest BCUT2D eigenvalue weighted by Crippen LogP contribution is 2.27. The van der Waals surface area contributed by atoms with E-state index < -0.39 is 16.1 Å². The van der Waals surface area contributed by atoms with Crippen LogP contribution in [-0.4, -0.2) is 32.8 Å². The minimum absolute atomic E-state index is 0.0341. The summed E-state index contributed by atoms with van der Waals surface area (Å²) in [6, 6.07) is 4.82. The van der Waals surface area contributed by atoms with E-state index in [1.807, 2.05) is 0 Å². The number of aliphatic hydroxyl groups excluding tert-OH is 1. The number of hydrogen-bond donors (Lipinski definition) is 2. The van der Waals surface area contributed by atoms with Crippen molar-refractivity contribution in [2.45, 2.75) is 30.8 Å². The Balaban J connectivity index is 2.15. The standard InChI is InChI=1S/C12H17NO4S/c1-2-10(14)8-13-18(15,16)11-3-4-12-9(7-11)5-6-17-12/h3-4,7,10,13-14H,2,5-6,8H2,1H3. The summed E-state index contributed by atoms with van der Waals surface area (Å²) in [5, 5.41) is 9.38. The second-order valence-electron chi connectivity index (χ2n) is 4.28. The largest absolute Gasteiger partial charge is 0.493 e. The van der Waals surface area contributed by atoms with Gasteiger partial charge in [-0.05, 0) is 30.2 Å². The number of nitrogens with one attached hydrogen (secondary N) is 1. The van der Waals surface area contributed by atoms with Crippen molar-refractivity contribution in [2.75, 3.05) is 13.2 Å². The van der Waals surface area contributed by atoms with Gasteiger partial charge in [0.25, 0.3) is 0 Å². The van der Waals surface area contributed by atoms with E-state index in [9.17, 15) is 13.5 Å². The average molecular weight is 271 g/mol. The maximum atomic E-state index is 12.0. The van der Waals surface area contributed by atoms with Gasteiger partial charge in [-0.2, -0.15) is 0 Å². The van der Waals surface area contributed by atoms with Crippen molar-refractivity contribution in [2.24, 2.45) is 0 Å². The molecule has 100 valence electrons. The molecule has 0 spiro atoms. The van der Waals surface area contributed by atoms with Crippen molar-refractivity contribution in [3.8, 4) is 5.75 Å². The van der Waals surface area contributed by atoms with Crippen molar-refractivity contribution in [3.05, 3.63) is 23.8 Å². The maximum Gasteiger partial charge on any atom is 0.240 e. The second kappa shape index (κ2) is 5.26. The molecule has 0 bridgehead atoms. The molecule has 0 radical (unpaired) electrons. The molecule has 1 atom stereocenters. The normalized spacial score (nSPS) is 16.1. The van der Waals surface area contributed by atoms with Crippen LogP contribution in [0.2, 0.25) is 0 Å². The topological polar surface area (TPSA) is 75.6 Å². The van der Waals surface area contributed by atoms with Crippen molar-refractivity contribution in [1.29, 1.82) is 0 Å². The van der Waals surface area contributed by atoms with Crippen LogP contribution in [0.5, 0.6) is 5.75 Å². The minimum Gasteiger partial charge on any atom is -0.493 e. The van der Waals surface area contributed by atoms with Gasteiger partial charge >= 0.3 is 0 Å². The summed E-state index contributed by atoms with van der Waals surface area (Å²) >= 11 is 0. The van der Waals surface area contributed by atoms with Gasteiger partial charge in [0.15, 0.2) is 0 Å². The zero-order chi connectivity index (χ0) is 13.2. The molecule has 1 aromatic carbocycles. The molecule has 0 amide bonds. The molecule has 1 unspecified atom stereocenters. The molecule has 2 rings (SSSR count). The van der Waals surface area contributed by atoms with Gasteiger partial charge < -0.3 is 9.84 Å². The van der Waals surface area contributed by atoms with E-state index in [0.717, 1.165) is 17.7 Å². The van der Waals surface area contributed by atoms with Gasteiger partial charge in [0, 0.05) is 13.0 Å². The highest BCUT2D eigenvalue weighted by Gasteiger charge is 2.19. The lowest BCUT2D eigenvalue weighted by atomic mass is 10.2. The van der Waals surface area contributed by atoms with Crippen LogP contribution in [-0.2, 0) is 16.4 Å². The third kappa shape index (κ3) is 2.82. The number of hydrogen-bond acceptors (Lipinski definition) is 4. The first kappa shape index (κ1) is 13.3. The van der Waals surface area contributed by atoms with Gasteiger partial charge in [-0.25, -0.2) is 13.1 Å². The molecule has 2 N–H and O–H groups in total. The lowest BCUT2D eigenvalue weighted by Gasteiger charge is -2.10. The zero-order valence-corrected chi connectivity index (χ0v) is 11.0. The van der Waals surface area contributed by atoms with Crippen LogP contribution < -0.4 is 9.46 Å². The third-order valence-corrected chi connectivity index (χ3v) is 4.37. The van der Waals surface area contributed by atoms with Gasteiger partial charge in [-0.15, -0.1) is 0 Å². The number of fused-ring (bicyclic) bond motifs is 1. The van der Waals surface area contributed by atoms with Crippen LogP contribution in [0.25, 0.3) is 0 Å². The van der Waals surface area contributed by atoms with E-state index in [1.165, 1.54) is 6.07 Å². The Bertz CT molecular complexity index is 527. The molecule has 0 saturated carbocycles. The predicted molar refractivity (Wildman–Crippen MR) is 67.1 cm³/mol. The molecule has 1 heterocycles. The van der Waals surface area contributed by atoms with Crippen LogP contribution in [0.4, 0.5) is 0 Å². The third-order valence-electron chi connectivity index (χ3n) is 2.95. The van der Waals surface area contributed by atoms with Crippen LogP contribution in [0.15, 0.2) is 23.1 Å². The number of benzene rings is 1. The van der Waals surface area contributed by atoms with E-state index in [2.05, 4.69) is 4.72 Å². The summed E-state index contributed by atoms with van der Waals surface area (Å²) in [6.45, 7) is 2.43. The van der Waals surface area contributed by atoms with Crippen molar-refractivity contribution >= 4 is 10.0 Å². The molecule has 1 aromatic rings. The molecule has 5 nitrogen and oxygen atoms in total. The summed E-state index contributed by atoms with van der Waals surface area (Å²) in [6.07, 6.45) is 0.592. The highest BCUT2D eigenvalue weighted by molar-refractivity contribution is 7.89. The van der Waals surface area contributed by atoms with Crippen LogP contribution in [0.1, 0.15) is 18.9 Å². The van der Waals surface area contributed by atoms with E-state index >= 15 is 0 Å². The molecule has 6 heteroatoms. The first-order chi connectivity index (χ1) is 8.53. The molecule has 18 heavy (non-hydrogen) atoms. The Morgan fingerprint density at radius 3 is 3.00 bits per heavy atom. The molecule has 1 aliphatic rings.